The number of unbranched alkanes of at least 4 members (excludes halogenated alkanes) is 12. The summed E-state index contributed by atoms with van der Waals surface area (Å²) in [4.78, 5) is 0. The summed E-state index contributed by atoms with van der Waals surface area (Å²) in [6.45, 7) is 1.93. The first-order valence-electron chi connectivity index (χ1n) is 10.0. The highest BCUT2D eigenvalue weighted by molar-refractivity contribution is 5.21. The van der Waals surface area contributed by atoms with Crippen LogP contribution in [0.25, 0.3) is 0 Å². The van der Waals surface area contributed by atoms with Crippen molar-refractivity contribution in [3.05, 3.63) is 35.4 Å². The molecule has 0 nitrogen and oxygen atoms in total. The van der Waals surface area contributed by atoms with Crippen molar-refractivity contribution in [3.63, 3.8) is 0 Å². The van der Waals surface area contributed by atoms with E-state index in [1.807, 2.05) is 12.1 Å². The van der Waals surface area contributed by atoms with Crippen molar-refractivity contribution in [3.8, 4) is 0 Å². The average molecular weight is 321 g/mol. The van der Waals surface area contributed by atoms with Gasteiger partial charge in [0.15, 0.2) is 0 Å². The zero-order valence-electron chi connectivity index (χ0n) is 15.3. The average Bonchev–Trinajstić information content (AvgIpc) is 2.59. The first-order chi connectivity index (χ1) is 11.4. The lowest BCUT2D eigenvalue weighted by atomic mass is 10.0. The van der Waals surface area contributed by atoms with Gasteiger partial charge in [0.05, 0.1) is 0 Å². The van der Waals surface area contributed by atoms with Gasteiger partial charge in [0.2, 0.25) is 0 Å². The molecule has 0 aliphatic heterocycles. The van der Waals surface area contributed by atoms with E-state index in [-0.39, 0.29) is 6.67 Å². The molecule has 0 heterocycles. The minimum atomic E-state index is -0.348. The second-order valence-electron chi connectivity index (χ2n) is 6.94. The molecule has 0 unspecified atom stereocenters. The van der Waals surface area contributed by atoms with E-state index < -0.39 is 0 Å². The van der Waals surface area contributed by atoms with Gasteiger partial charge in [-0.15, -0.1) is 0 Å². The quantitative estimate of drug-likeness (QED) is 0.289. The maximum Gasteiger partial charge on any atom is 0.115 e. The Labute approximate surface area is 143 Å². The number of aryl methyl sites for hydroxylation is 1. The van der Waals surface area contributed by atoms with Crippen molar-refractivity contribution in [1.29, 1.82) is 0 Å². The Kier molecular flexibility index (Phi) is 12.9. The van der Waals surface area contributed by atoms with E-state index in [0.717, 1.165) is 12.0 Å². The molecule has 0 aromatic heterocycles. The molecular weight excluding hydrogens is 283 g/mol. The van der Waals surface area contributed by atoms with Gasteiger partial charge in [-0.05, 0) is 24.0 Å². The Morgan fingerprint density at radius 2 is 0.957 bits per heavy atom. The highest BCUT2D eigenvalue weighted by Crippen LogP contribution is 2.14. The van der Waals surface area contributed by atoms with Crippen molar-refractivity contribution in [2.24, 2.45) is 0 Å². The number of hydrogen-bond acceptors (Lipinski definition) is 0. The predicted octanol–water partition coefficient (Wildman–Crippen LogP) is 7.79. The van der Waals surface area contributed by atoms with Crippen LogP contribution in [0.1, 0.15) is 102 Å². The summed E-state index contributed by atoms with van der Waals surface area (Å²) in [5.41, 5.74) is 2.14. The van der Waals surface area contributed by atoms with Crippen LogP contribution in [0.15, 0.2) is 24.3 Å². The molecule has 1 aromatic rings. The second-order valence-corrected chi connectivity index (χ2v) is 6.94. The summed E-state index contributed by atoms with van der Waals surface area (Å²) in [7, 11) is 0. The van der Waals surface area contributed by atoms with Gasteiger partial charge in [-0.1, -0.05) is 108 Å². The van der Waals surface area contributed by atoms with E-state index >= 15 is 0 Å². The van der Waals surface area contributed by atoms with Crippen molar-refractivity contribution in [1.82, 2.24) is 0 Å². The van der Waals surface area contributed by atoms with Crippen LogP contribution in [0.4, 0.5) is 4.39 Å². The highest BCUT2D eigenvalue weighted by atomic mass is 19.1. The van der Waals surface area contributed by atoms with E-state index in [0.29, 0.717) is 0 Å². The molecule has 1 rings (SSSR count). The Hall–Kier alpha value is -0.850. The summed E-state index contributed by atoms with van der Waals surface area (Å²) >= 11 is 0. The topological polar surface area (TPSA) is 0 Å². The molecule has 0 amide bonds. The van der Waals surface area contributed by atoms with Crippen LogP contribution in [0.5, 0.6) is 0 Å². The Morgan fingerprint density at radius 3 is 1.39 bits per heavy atom. The number of benzene rings is 1. The highest BCUT2D eigenvalue weighted by Gasteiger charge is 1.96. The van der Waals surface area contributed by atoms with Gasteiger partial charge >= 0.3 is 0 Å². The standard InChI is InChI=1S/C22H37F/c1-2-3-4-5-6-7-8-9-10-11-12-13-14-15-21-16-18-22(20-23)19-17-21/h16-19H,2-15,20H2,1H3. The Bertz CT molecular complexity index is 355. The Balaban J connectivity index is 1.82. The molecular formula is C22H37F. The molecule has 0 aliphatic carbocycles. The molecule has 0 N–H and O–H groups in total. The summed E-state index contributed by atoms with van der Waals surface area (Å²) in [6.07, 6.45) is 19.3. The van der Waals surface area contributed by atoms with Crippen molar-refractivity contribution in [2.45, 2.75) is 103 Å². The minimum Gasteiger partial charge on any atom is -0.246 e. The van der Waals surface area contributed by atoms with Crippen LogP contribution in [-0.4, -0.2) is 0 Å². The number of hydrogen-bond donors (Lipinski definition) is 0. The molecule has 0 radical (unpaired) electrons. The molecule has 23 heavy (non-hydrogen) atoms. The van der Waals surface area contributed by atoms with E-state index in [1.54, 1.807) is 0 Å². The number of halogens is 1. The molecule has 0 aliphatic rings. The zero-order valence-corrected chi connectivity index (χ0v) is 15.3. The number of alkyl halides is 1. The van der Waals surface area contributed by atoms with E-state index in [9.17, 15) is 4.39 Å². The molecule has 0 saturated heterocycles. The molecule has 0 fully saturated rings. The molecule has 0 bridgehead atoms. The molecule has 0 atom stereocenters. The Morgan fingerprint density at radius 1 is 0.565 bits per heavy atom. The fourth-order valence-electron chi connectivity index (χ4n) is 3.14. The fraction of sp³-hybridized carbons (Fsp3) is 0.727. The monoisotopic (exact) mass is 320 g/mol. The van der Waals surface area contributed by atoms with Crippen LogP contribution in [0.3, 0.4) is 0 Å². The van der Waals surface area contributed by atoms with Crippen molar-refractivity contribution < 1.29 is 4.39 Å². The maximum absolute atomic E-state index is 12.4. The van der Waals surface area contributed by atoms with Crippen LogP contribution in [0, 0.1) is 0 Å². The summed E-state index contributed by atoms with van der Waals surface area (Å²) in [6, 6.07) is 7.99. The van der Waals surface area contributed by atoms with Crippen LogP contribution in [-0.2, 0) is 13.1 Å². The molecule has 1 aromatic carbocycles. The van der Waals surface area contributed by atoms with E-state index in [4.69, 9.17) is 0 Å². The molecule has 132 valence electrons. The SMILES string of the molecule is CCCCCCCCCCCCCCCc1ccc(CF)cc1. The summed E-state index contributed by atoms with van der Waals surface area (Å²) in [5.74, 6) is 0. The summed E-state index contributed by atoms with van der Waals surface area (Å²) < 4.78 is 12.4. The van der Waals surface area contributed by atoms with Crippen LogP contribution < -0.4 is 0 Å². The number of rotatable bonds is 15. The second kappa shape index (κ2) is 14.7. The molecule has 0 spiro atoms. The van der Waals surface area contributed by atoms with Gasteiger partial charge in [-0.2, -0.15) is 0 Å². The normalized spacial score (nSPS) is 11.0. The minimum absolute atomic E-state index is 0.348. The van der Waals surface area contributed by atoms with E-state index in [2.05, 4.69) is 19.1 Å². The first kappa shape index (κ1) is 20.2. The smallest absolute Gasteiger partial charge is 0.115 e. The fourth-order valence-corrected chi connectivity index (χ4v) is 3.14. The third-order valence-corrected chi connectivity index (χ3v) is 4.75. The largest absolute Gasteiger partial charge is 0.246 e. The zero-order chi connectivity index (χ0) is 16.6. The third kappa shape index (κ3) is 11.3. The van der Waals surface area contributed by atoms with Gasteiger partial charge in [-0.25, -0.2) is 4.39 Å². The molecule has 1 heteroatoms. The summed E-state index contributed by atoms with van der Waals surface area (Å²) in [5, 5.41) is 0. The lowest BCUT2D eigenvalue weighted by Crippen LogP contribution is -1.88. The lowest BCUT2D eigenvalue weighted by Gasteiger charge is -2.04. The van der Waals surface area contributed by atoms with Gasteiger partial charge in [0, 0.05) is 0 Å². The lowest BCUT2D eigenvalue weighted by molar-refractivity contribution is 0.485. The van der Waals surface area contributed by atoms with Crippen LogP contribution >= 0.6 is 0 Å². The van der Waals surface area contributed by atoms with Gasteiger partial charge in [-0.3, -0.25) is 0 Å². The van der Waals surface area contributed by atoms with Gasteiger partial charge in [0.25, 0.3) is 0 Å². The van der Waals surface area contributed by atoms with Gasteiger partial charge in [0.1, 0.15) is 6.67 Å². The van der Waals surface area contributed by atoms with Crippen molar-refractivity contribution >= 4 is 0 Å². The third-order valence-electron chi connectivity index (χ3n) is 4.75. The molecule has 0 saturated carbocycles. The predicted molar refractivity (Wildman–Crippen MR) is 101 cm³/mol. The van der Waals surface area contributed by atoms with Crippen LogP contribution in [0.2, 0.25) is 0 Å². The first-order valence-corrected chi connectivity index (χ1v) is 10.0. The van der Waals surface area contributed by atoms with Crippen molar-refractivity contribution in [2.75, 3.05) is 0 Å². The van der Waals surface area contributed by atoms with Gasteiger partial charge < -0.3 is 0 Å². The van der Waals surface area contributed by atoms with E-state index in [1.165, 1.54) is 89.0 Å². The maximum atomic E-state index is 12.4.